The fraction of sp³-hybridized carbons (Fsp3) is 0.524. The van der Waals surface area contributed by atoms with Crippen LogP contribution in [0.25, 0.3) is 22.2 Å². The summed E-state index contributed by atoms with van der Waals surface area (Å²) in [6.45, 7) is 1.47. The van der Waals surface area contributed by atoms with E-state index in [4.69, 9.17) is 4.74 Å². The first-order chi connectivity index (χ1) is 27.0. The standard InChI is InChI=1S/C42H44F3N7O4/c43-42(44,45)37-33(38(53)50-41(39(54)55)27-17-25-16-26(19-27)20-28(41)18-25)8-9-35(49-37)34-23-52(29-4-2-24(22-46)3-5-29)36-21-31(6-7-32(34)36)56-30-10-14-51(15-11-30)40-47-12-1-13-48-40/h1,6-9,12-13,21,23-30H,2-5,10-11,14-20H2,(H,50,53)(H,54,55)/t24-,25?,26?,27?,28?,29-,41?. The number of nitriles is 1. The number of carboxylic acids is 1. The lowest BCUT2D eigenvalue weighted by molar-refractivity contribution is -0.163. The number of benzene rings is 1. The average molecular weight is 768 g/mol. The number of ether oxygens (including phenoxy) is 1. The zero-order chi connectivity index (χ0) is 38.8. The molecule has 0 spiro atoms. The molecule has 4 bridgehead atoms. The molecule has 10 rings (SSSR count). The van der Waals surface area contributed by atoms with Crippen LogP contribution in [0.3, 0.4) is 0 Å². The number of carboxylic acid groups (broad SMARTS) is 1. The summed E-state index contributed by atoms with van der Waals surface area (Å²) in [4.78, 5) is 41.8. The number of anilines is 1. The van der Waals surface area contributed by atoms with Crippen LogP contribution in [0, 0.1) is 40.9 Å². The monoisotopic (exact) mass is 767 g/mol. The number of fused-ring (bicyclic) bond motifs is 1. The van der Waals surface area contributed by atoms with Gasteiger partial charge in [-0.2, -0.15) is 18.4 Å². The topological polar surface area (TPSA) is 146 Å². The highest BCUT2D eigenvalue weighted by Gasteiger charge is 2.62. The molecule has 4 aromatic rings. The first kappa shape index (κ1) is 36.4. The number of piperidine rings is 1. The summed E-state index contributed by atoms with van der Waals surface area (Å²) in [5.41, 5.74) is -2.32. The van der Waals surface area contributed by atoms with E-state index in [1.54, 1.807) is 18.5 Å². The molecule has 1 aliphatic heterocycles. The van der Waals surface area contributed by atoms with Crippen molar-refractivity contribution in [2.75, 3.05) is 18.0 Å². The molecule has 6 aliphatic rings. The van der Waals surface area contributed by atoms with Gasteiger partial charge in [-0.1, -0.05) is 0 Å². The predicted molar refractivity (Wildman–Crippen MR) is 200 cm³/mol. The van der Waals surface area contributed by atoms with E-state index in [1.165, 1.54) is 6.07 Å². The predicted octanol–water partition coefficient (Wildman–Crippen LogP) is 7.82. The van der Waals surface area contributed by atoms with E-state index in [9.17, 15) is 33.1 Å². The Morgan fingerprint density at radius 1 is 0.929 bits per heavy atom. The maximum absolute atomic E-state index is 14.9. The molecule has 0 atom stereocenters. The molecule has 14 heteroatoms. The van der Waals surface area contributed by atoms with Gasteiger partial charge in [0, 0.05) is 73.5 Å². The number of carbonyl (C=O) groups excluding carboxylic acids is 1. The highest BCUT2D eigenvalue weighted by molar-refractivity contribution is 6.00. The Hall–Kier alpha value is -5.19. The minimum absolute atomic E-state index is 0.0144. The molecule has 4 heterocycles. The Kier molecular flexibility index (Phi) is 9.16. The number of aliphatic carboxylic acids is 1. The molecule has 1 amide bonds. The molecule has 0 radical (unpaired) electrons. The summed E-state index contributed by atoms with van der Waals surface area (Å²) in [6, 6.07) is 12.4. The second-order valence-corrected chi connectivity index (χ2v) is 16.6. The van der Waals surface area contributed by atoms with Crippen molar-refractivity contribution in [2.45, 2.75) is 94.5 Å². The van der Waals surface area contributed by atoms with Gasteiger partial charge in [0.15, 0.2) is 5.69 Å². The summed E-state index contributed by atoms with van der Waals surface area (Å²) < 4.78 is 53.2. The van der Waals surface area contributed by atoms with Crippen LogP contribution in [0.2, 0.25) is 0 Å². The van der Waals surface area contributed by atoms with Gasteiger partial charge >= 0.3 is 12.1 Å². The SMILES string of the molecule is N#C[C@H]1CC[C@H](n2cc(-c3ccc(C(=O)NC4(C(=O)O)C5CC6CC(C5)CC4C6)c(C(F)(F)F)n3)c3ccc(OC4CCN(c5ncccn5)CC4)cc32)CC1. The van der Waals surface area contributed by atoms with Crippen LogP contribution in [-0.4, -0.2) is 61.2 Å². The molecule has 5 aliphatic carbocycles. The van der Waals surface area contributed by atoms with E-state index in [1.807, 2.05) is 24.4 Å². The second-order valence-electron chi connectivity index (χ2n) is 16.6. The quantitative estimate of drug-likeness (QED) is 0.183. The number of aromatic nitrogens is 4. The van der Waals surface area contributed by atoms with Crippen LogP contribution in [-0.2, 0) is 11.0 Å². The maximum Gasteiger partial charge on any atom is 0.434 e. The zero-order valence-electron chi connectivity index (χ0n) is 30.9. The molecule has 11 nitrogen and oxygen atoms in total. The molecule has 1 aromatic carbocycles. The molecule has 5 saturated carbocycles. The van der Waals surface area contributed by atoms with Crippen LogP contribution in [0.4, 0.5) is 19.1 Å². The van der Waals surface area contributed by atoms with Gasteiger partial charge in [-0.3, -0.25) is 4.79 Å². The van der Waals surface area contributed by atoms with Crippen molar-refractivity contribution in [1.29, 1.82) is 5.26 Å². The number of carbonyl (C=O) groups is 2. The number of rotatable bonds is 8. The summed E-state index contributed by atoms with van der Waals surface area (Å²) in [5.74, 6) is -0.780. The van der Waals surface area contributed by atoms with E-state index in [2.05, 4.69) is 35.8 Å². The molecule has 2 N–H and O–H groups in total. The third-order valence-corrected chi connectivity index (χ3v) is 13.4. The lowest BCUT2D eigenvalue weighted by Gasteiger charge is -2.59. The highest BCUT2D eigenvalue weighted by atomic mass is 19.4. The van der Waals surface area contributed by atoms with Crippen LogP contribution < -0.4 is 15.0 Å². The number of nitrogens with zero attached hydrogens (tertiary/aromatic N) is 6. The van der Waals surface area contributed by atoms with Gasteiger partial charge in [0.05, 0.1) is 22.8 Å². The van der Waals surface area contributed by atoms with Crippen molar-refractivity contribution in [1.82, 2.24) is 24.8 Å². The fourth-order valence-electron chi connectivity index (χ4n) is 10.9. The molecular formula is C42H44F3N7O4. The van der Waals surface area contributed by atoms with Crippen LogP contribution in [0.1, 0.15) is 92.7 Å². The first-order valence-corrected chi connectivity index (χ1v) is 19.9. The Morgan fingerprint density at radius 2 is 1.61 bits per heavy atom. The number of nitrogens with one attached hydrogen (secondary N) is 1. The minimum Gasteiger partial charge on any atom is -0.490 e. The highest BCUT2D eigenvalue weighted by Crippen LogP contribution is 2.58. The maximum atomic E-state index is 14.9. The number of hydrogen-bond donors (Lipinski definition) is 2. The lowest BCUT2D eigenvalue weighted by atomic mass is 9.48. The second kappa shape index (κ2) is 14.1. The normalized spacial score (nSPS) is 28.9. The number of alkyl halides is 3. The smallest absolute Gasteiger partial charge is 0.434 e. The number of pyridine rings is 1. The van der Waals surface area contributed by atoms with Gasteiger partial charge in [-0.15, -0.1) is 0 Å². The van der Waals surface area contributed by atoms with E-state index >= 15 is 0 Å². The van der Waals surface area contributed by atoms with E-state index < -0.39 is 34.8 Å². The van der Waals surface area contributed by atoms with Crippen LogP contribution in [0.5, 0.6) is 5.75 Å². The van der Waals surface area contributed by atoms with Crippen LogP contribution >= 0.6 is 0 Å². The van der Waals surface area contributed by atoms with Crippen molar-refractivity contribution >= 4 is 28.7 Å². The molecule has 6 fully saturated rings. The van der Waals surface area contributed by atoms with Crippen molar-refractivity contribution < 1.29 is 32.6 Å². The number of halogens is 3. The summed E-state index contributed by atoms with van der Waals surface area (Å²) in [6.07, 6.45) is 8.36. The van der Waals surface area contributed by atoms with Crippen molar-refractivity contribution in [3.63, 3.8) is 0 Å². The fourth-order valence-corrected chi connectivity index (χ4v) is 10.9. The van der Waals surface area contributed by atoms with E-state index in [0.717, 1.165) is 69.6 Å². The Morgan fingerprint density at radius 3 is 2.23 bits per heavy atom. The minimum atomic E-state index is -4.99. The van der Waals surface area contributed by atoms with Gasteiger partial charge in [0.25, 0.3) is 5.91 Å². The van der Waals surface area contributed by atoms with Gasteiger partial charge in [0.2, 0.25) is 5.95 Å². The van der Waals surface area contributed by atoms with E-state index in [0.29, 0.717) is 60.2 Å². The third kappa shape index (κ3) is 6.42. The molecule has 292 valence electrons. The van der Waals surface area contributed by atoms with Crippen molar-refractivity contribution in [2.24, 2.45) is 29.6 Å². The Labute approximate surface area is 322 Å². The van der Waals surface area contributed by atoms with Crippen molar-refractivity contribution in [3.05, 3.63) is 66.2 Å². The van der Waals surface area contributed by atoms with Gasteiger partial charge in [-0.25, -0.2) is 19.7 Å². The number of amides is 1. The molecule has 56 heavy (non-hydrogen) atoms. The third-order valence-electron chi connectivity index (χ3n) is 13.4. The summed E-state index contributed by atoms with van der Waals surface area (Å²) >= 11 is 0. The molecule has 0 unspecified atom stereocenters. The van der Waals surface area contributed by atoms with Crippen molar-refractivity contribution in [3.8, 4) is 23.1 Å². The summed E-state index contributed by atoms with van der Waals surface area (Å²) in [5, 5.41) is 23.4. The Bertz CT molecular complexity index is 2160. The first-order valence-electron chi connectivity index (χ1n) is 19.9. The molecule has 1 saturated heterocycles. The van der Waals surface area contributed by atoms with Crippen LogP contribution in [0.15, 0.2) is 55.0 Å². The lowest BCUT2D eigenvalue weighted by Crippen LogP contribution is -2.70. The Balaban J connectivity index is 1.03. The molecular weight excluding hydrogens is 724 g/mol. The van der Waals surface area contributed by atoms with Gasteiger partial charge < -0.3 is 24.6 Å². The van der Waals surface area contributed by atoms with Gasteiger partial charge in [-0.05, 0) is 112 Å². The average Bonchev–Trinajstić information content (AvgIpc) is 3.58. The largest absolute Gasteiger partial charge is 0.490 e. The summed E-state index contributed by atoms with van der Waals surface area (Å²) in [7, 11) is 0. The number of hydrogen-bond acceptors (Lipinski definition) is 8. The zero-order valence-corrected chi connectivity index (χ0v) is 30.9. The van der Waals surface area contributed by atoms with E-state index in [-0.39, 0.29) is 35.6 Å². The molecule has 3 aromatic heterocycles. The van der Waals surface area contributed by atoms with Gasteiger partial charge in [0.1, 0.15) is 17.4 Å².